The number of hydrogen-bond donors (Lipinski definition) is 0. The first kappa shape index (κ1) is 13.3. The van der Waals surface area contributed by atoms with Crippen molar-refractivity contribution in [1.82, 2.24) is 0 Å². The van der Waals surface area contributed by atoms with Gasteiger partial charge in [0.15, 0.2) is 5.78 Å². The summed E-state index contributed by atoms with van der Waals surface area (Å²) in [6, 6.07) is 7.79. The first-order chi connectivity index (χ1) is 9.18. The predicted octanol–water partition coefficient (Wildman–Crippen LogP) is 5.02. The molecule has 0 radical (unpaired) electrons. The number of thiophene rings is 1. The first-order valence-electron chi connectivity index (χ1n) is 5.87. The Bertz CT molecular complexity index is 636. The van der Waals surface area contributed by atoms with Crippen LogP contribution in [0.5, 0.6) is 5.75 Å². The van der Waals surface area contributed by atoms with Crippen LogP contribution in [-0.2, 0) is 0 Å². The minimum atomic E-state index is -0.105. The minimum Gasteiger partial charge on any atom is -0.493 e. The normalized spacial score (nSPS) is 17.7. The molecule has 3 rings (SSSR count). The number of fused-ring (bicyclic) bond motifs is 1. The zero-order chi connectivity index (χ0) is 13.4. The van der Waals surface area contributed by atoms with E-state index in [-0.39, 0.29) is 11.7 Å². The van der Waals surface area contributed by atoms with E-state index in [2.05, 4.69) is 31.9 Å². The Morgan fingerprint density at radius 3 is 2.84 bits per heavy atom. The number of ketones is 1. The van der Waals surface area contributed by atoms with Crippen LogP contribution in [-0.4, -0.2) is 12.4 Å². The summed E-state index contributed by atoms with van der Waals surface area (Å²) in [6.07, 6.45) is 0.734. The summed E-state index contributed by atoms with van der Waals surface area (Å²) >= 11 is 8.36. The van der Waals surface area contributed by atoms with Crippen molar-refractivity contribution in [3.8, 4) is 5.75 Å². The predicted molar refractivity (Wildman–Crippen MR) is 83.3 cm³/mol. The summed E-state index contributed by atoms with van der Waals surface area (Å²) in [5, 5.41) is 1.93. The summed E-state index contributed by atoms with van der Waals surface area (Å²) in [5.41, 5.74) is 0.996. The van der Waals surface area contributed by atoms with Crippen molar-refractivity contribution in [3.63, 3.8) is 0 Å². The van der Waals surface area contributed by atoms with Crippen LogP contribution in [0, 0.1) is 0 Å². The number of carbonyl (C=O) groups is 1. The third-order valence-electron chi connectivity index (χ3n) is 3.19. The molecule has 1 aliphatic rings. The van der Waals surface area contributed by atoms with Crippen LogP contribution in [0.2, 0.25) is 0 Å². The standard InChI is InChI=1S/C14H10Br2O2S/c15-10-7-19-14(12(10)16)13(17)9-5-6-18-11-4-2-1-3-8(9)11/h1-4,7,9H,5-6H2. The van der Waals surface area contributed by atoms with E-state index in [0.717, 1.165) is 31.6 Å². The molecule has 98 valence electrons. The second-order valence-electron chi connectivity index (χ2n) is 4.32. The van der Waals surface area contributed by atoms with Gasteiger partial charge in [-0.05, 0) is 44.3 Å². The zero-order valence-electron chi connectivity index (χ0n) is 9.86. The maximum atomic E-state index is 12.7. The monoisotopic (exact) mass is 400 g/mol. The van der Waals surface area contributed by atoms with Crippen molar-refractivity contribution in [2.45, 2.75) is 12.3 Å². The summed E-state index contributed by atoms with van der Waals surface area (Å²) in [4.78, 5) is 13.5. The van der Waals surface area contributed by atoms with Gasteiger partial charge in [-0.1, -0.05) is 18.2 Å². The highest BCUT2D eigenvalue weighted by Gasteiger charge is 2.30. The van der Waals surface area contributed by atoms with Crippen LogP contribution in [0.4, 0.5) is 0 Å². The topological polar surface area (TPSA) is 26.3 Å². The quantitative estimate of drug-likeness (QED) is 0.660. The summed E-state index contributed by atoms with van der Waals surface area (Å²) in [5.74, 6) is 0.893. The molecule has 0 fully saturated rings. The van der Waals surface area contributed by atoms with Crippen molar-refractivity contribution < 1.29 is 9.53 Å². The number of Topliss-reactive ketones (excluding diaryl/α,β-unsaturated/α-hetero) is 1. The molecule has 0 aliphatic carbocycles. The molecule has 0 amide bonds. The molecule has 0 bridgehead atoms. The molecule has 0 saturated carbocycles. The van der Waals surface area contributed by atoms with Gasteiger partial charge < -0.3 is 4.74 Å². The fraction of sp³-hybridized carbons (Fsp3) is 0.214. The lowest BCUT2D eigenvalue weighted by Crippen LogP contribution is -2.21. The molecular formula is C14H10Br2O2S. The van der Waals surface area contributed by atoms with Gasteiger partial charge in [0.05, 0.1) is 21.9 Å². The fourth-order valence-corrected chi connectivity index (χ4v) is 4.42. The lowest BCUT2D eigenvalue weighted by molar-refractivity contribution is 0.0936. The van der Waals surface area contributed by atoms with Crippen molar-refractivity contribution in [2.24, 2.45) is 0 Å². The molecule has 2 nitrogen and oxygen atoms in total. The first-order valence-corrected chi connectivity index (χ1v) is 8.33. The lowest BCUT2D eigenvalue weighted by Gasteiger charge is -2.24. The highest BCUT2D eigenvalue weighted by Crippen LogP contribution is 2.40. The van der Waals surface area contributed by atoms with Gasteiger partial charge in [-0.15, -0.1) is 11.3 Å². The van der Waals surface area contributed by atoms with E-state index < -0.39 is 0 Å². The number of ether oxygens (including phenoxy) is 1. The van der Waals surface area contributed by atoms with E-state index in [0.29, 0.717) is 6.61 Å². The summed E-state index contributed by atoms with van der Waals surface area (Å²) < 4.78 is 7.39. The molecule has 2 aromatic rings. The summed E-state index contributed by atoms with van der Waals surface area (Å²) in [6.45, 7) is 0.595. The highest BCUT2D eigenvalue weighted by molar-refractivity contribution is 9.13. The van der Waals surface area contributed by atoms with Crippen molar-refractivity contribution in [2.75, 3.05) is 6.61 Å². The SMILES string of the molecule is O=C(c1scc(Br)c1Br)C1CCOc2ccccc21. The van der Waals surface area contributed by atoms with E-state index in [1.165, 1.54) is 11.3 Å². The molecule has 5 heteroatoms. The number of halogens is 2. The fourth-order valence-electron chi connectivity index (χ4n) is 2.26. The van der Waals surface area contributed by atoms with Crippen LogP contribution >= 0.6 is 43.2 Å². The van der Waals surface area contributed by atoms with Gasteiger partial charge in [-0.2, -0.15) is 0 Å². The second-order valence-corrected chi connectivity index (χ2v) is 6.85. The minimum absolute atomic E-state index is 0.105. The molecule has 19 heavy (non-hydrogen) atoms. The van der Waals surface area contributed by atoms with Gasteiger partial charge >= 0.3 is 0 Å². The molecule has 1 atom stereocenters. The average molecular weight is 402 g/mol. The summed E-state index contributed by atoms with van der Waals surface area (Å²) in [7, 11) is 0. The Morgan fingerprint density at radius 1 is 1.32 bits per heavy atom. The number of hydrogen-bond acceptors (Lipinski definition) is 3. The van der Waals surface area contributed by atoms with Crippen LogP contribution in [0.1, 0.15) is 27.6 Å². The molecule has 1 aromatic heterocycles. The molecule has 0 N–H and O–H groups in total. The molecule has 1 aromatic carbocycles. The Hall–Kier alpha value is -0.650. The van der Waals surface area contributed by atoms with Crippen LogP contribution in [0.3, 0.4) is 0 Å². The van der Waals surface area contributed by atoms with Crippen molar-refractivity contribution in [1.29, 1.82) is 0 Å². The smallest absolute Gasteiger partial charge is 0.181 e. The van der Waals surface area contributed by atoms with E-state index in [1.807, 2.05) is 29.6 Å². The molecular weight excluding hydrogens is 392 g/mol. The average Bonchev–Trinajstić information content (AvgIpc) is 2.78. The second kappa shape index (κ2) is 5.38. The van der Waals surface area contributed by atoms with Crippen molar-refractivity contribution in [3.05, 3.63) is 49.0 Å². The van der Waals surface area contributed by atoms with E-state index >= 15 is 0 Å². The number of carbonyl (C=O) groups excluding carboxylic acids is 1. The molecule has 0 saturated heterocycles. The van der Waals surface area contributed by atoms with Gasteiger partial charge in [0.25, 0.3) is 0 Å². The van der Waals surface area contributed by atoms with Gasteiger partial charge in [-0.3, -0.25) is 4.79 Å². The van der Waals surface area contributed by atoms with Crippen molar-refractivity contribution >= 4 is 49.0 Å². The Kier molecular flexibility index (Phi) is 3.78. The maximum absolute atomic E-state index is 12.7. The number of benzene rings is 1. The number of rotatable bonds is 2. The molecule has 2 heterocycles. The van der Waals surface area contributed by atoms with Gasteiger partial charge in [-0.25, -0.2) is 0 Å². The molecule has 1 unspecified atom stereocenters. The molecule has 0 spiro atoms. The van der Waals surface area contributed by atoms with E-state index in [9.17, 15) is 4.79 Å². The van der Waals surface area contributed by atoms with Gasteiger partial charge in [0.1, 0.15) is 5.75 Å². The third kappa shape index (κ3) is 2.39. The van der Waals surface area contributed by atoms with Gasteiger partial charge in [0.2, 0.25) is 0 Å². The zero-order valence-corrected chi connectivity index (χ0v) is 13.8. The van der Waals surface area contributed by atoms with E-state index in [4.69, 9.17) is 4.74 Å². The van der Waals surface area contributed by atoms with Gasteiger partial charge in [0, 0.05) is 15.4 Å². The lowest BCUT2D eigenvalue weighted by atomic mass is 9.89. The Morgan fingerprint density at radius 2 is 2.11 bits per heavy atom. The Balaban J connectivity index is 2.00. The Labute approximate surface area is 132 Å². The number of para-hydroxylation sites is 1. The van der Waals surface area contributed by atoms with E-state index in [1.54, 1.807) is 0 Å². The van der Waals surface area contributed by atoms with Crippen LogP contribution in [0.25, 0.3) is 0 Å². The third-order valence-corrected chi connectivity index (χ3v) is 6.73. The van der Waals surface area contributed by atoms with Crippen LogP contribution in [0.15, 0.2) is 38.6 Å². The highest BCUT2D eigenvalue weighted by atomic mass is 79.9. The largest absolute Gasteiger partial charge is 0.493 e. The maximum Gasteiger partial charge on any atom is 0.181 e. The molecule has 1 aliphatic heterocycles. The van der Waals surface area contributed by atoms with Crippen LogP contribution < -0.4 is 4.74 Å².